The van der Waals surface area contributed by atoms with Gasteiger partial charge in [0.15, 0.2) is 0 Å². The van der Waals surface area contributed by atoms with Gasteiger partial charge in [-0.25, -0.2) is 17.9 Å². The van der Waals surface area contributed by atoms with Crippen LogP contribution < -0.4 is 5.14 Å². The SMILES string of the molecule is CC1CCCCCN1C(=O)c1cc(F)cc(S(N)(=O)=O)c1. The van der Waals surface area contributed by atoms with Crippen LogP contribution in [0.1, 0.15) is 43.0 Å². The maximum absolute atomic E-state index is 13.6. The molecule has 1 unspecified atom stereocenters. The van der Waals surface area contributed by atoms with Crippen LogP contribution >= 0.6 is 0 Å². The molecule has 0 radical (unpaired) electrons. The van der Waals surface area contributed by atoms with E-state index < -0.39 is 15.8 Å². The van der Waals surface area contributed by atoms with Gasteiger partial charge in [-0.3, -0.25) is 4.79 Å². The van der Waals surface area contributed by atoms with E-state index in [9.17, 15) is 17.6 Å². The number of nitrogens with zero attached hydrogens (tertiary/aromatic N) is 1. The third-order valence-corrected chi connectivity index (χ3v) is 4.65. The highest BCUT2D eigenvalue weighted by atomic mass is 32.2. The summed E-state index contributed by atoms with van der Waals surface area (Å²) in [7, 11) is -4.04. The third kappa shape index (κ3) is 3.79. The number of carbonyl (C=O) groups is 1. The van der Waals surface area contributed by atoms with Gasteiger partial charge in [-0.2, -0.15) is 0 Å². The Morgan fingerprint density at radius 1 is 1.29 bits per heavy atom. The molecule has 1 fully saturated rings. The second kappa shape index (κ2) is 6.11. The lowest BCUT2D eigenvalue weighted by Crippen LogP contribution is -2.38. The van der Waals surface area contributed by atoms with Gasteiger partial charge < -0.3 is 4.90 Å². The number of benzene rings is 1. The van der Waals surface area contributed by atoms with Gasteiger partial charge in [0.1, 0.15) is 5.82 Å². The summed E-state index contributed by atoms with van der Waals surface area (Å²) in [6, 6.07) is 3.06. The largest absolute Gasteiger partial charge is 0.336 e. The van der Waals surface area contributed by atoms with Gasteiger partial charge in [-0.1, -0.05) is 12.8 Å². The summed E-state index contributed by atoms with van der Waals surface area (Å²) in [5.74, 6) is -1.14. The molecule has 5 nitrogen and oxygen atoms in total. The molecule has 1 amide bonds. The van der Waals surface area contributed by atoms with Crippen LogP contribution in [0.3, 0.4) is 0 Å². The molecule has 2 N–H and O–H groups in total. The smallest absolute Gasteiger partial charge is 0.254 e. The molecule has 0 aliphatic carbocycles. The number of sulfonamides is 1. The van der Waals surface area contributed by atoms with Crippen molar-refractivity contribution in [2.45, 2.75) is 43.5 Å². The van der Waals surface area contributed by atoms with E-state index in [0.29, 0.717) is 6.54 Å². The van der Waals surface area contributed by atoms with Crippen LogP contribution in [0.2, 0.25) is 0 Å². The number of primary sulfonamides is 1. The minimum absolute atomic E-state index is 0.0211. The Morgan fingerprint density at radius 3 is 2.67 bits per heavy atom. The third-order valence-electron chi connectivity index (χ3n) is 3.76. The first kappa shape index (κ1) is 15.9. The molecule has 0 bridgehead atoms. The van der Waals surface area contributed by atoms with E-state index in [1.54, 1.807) is 4.90 Å². The highest BCUT2D eigenvalue weighted by Crippen LogP contribution is 2.21. The molecule has 1 aliphatic rings. The molecule has 0 spiro atoms. The standard InChI is InChI=1S/C14H19FN2O3S/c1-10-5-3-2-4-6-17(10)14(18)11-7-12(15)9-13(8-11)21(16,19)20/h7-10H,2-6H2,1H3,(H2,16,19,20). The molecule has 1 atom stereocenters. The first-order chi connectivity index (χ1) is 9.79. The van der Waals surface area contributed by atoms with Crippen LogP contribution in [0.4, 0.5) is 4.39 Å². The first-order valence-corrected chi connectivity index (χ1v) is 8.48. The van der Waals surface area contributed by atoms with Crippen molar-refractivity contribution in [1.29, 1.82) is 0 Å². The summed E-state index contributed by atoms with van der Waals surface area (Å²) in [6.07, 6.45) is 3.90. The maximum atomic E-state index is 13.6. The zero-order valence-corrected chi connectivity index (χ0v) is 12.7. The molecular formula is C14H19FN2O3S. The van der Waals surface area contributed by atoms with Gasteiger partial charge in [0.25, 0.3) is 5.91 Å². The first-order valence-electron chi connectivity index (χ1n) is 6.93. The van der Waals surface area contributed by atoms with E-state index in [1.807, 2.05) is 6.92 Å². The number of amides is 1. The van der Waals surface area contributed by atoms with Gasteiger partial charge in [0.2, 0.25) is 10.0 Å². The molecule has 1 heterocycles. The fourth-order valence-electron chi connectivity index (χ4n) is 2.59. The predicted molar refractivity (Wildman–Crippen MR) is 76.7 cm³/mol. The average molecular weight is 314 g/mol. The van der Waals surface area contributed by atoms with Crippen molar-refractivity contribution in [3.8, 4) is 0 Å². The monoisotopic (exact) mass is 314 g/mol. The molecule has 116 valence electrons. The molecule has 21 heavy (non-hydrogen) atoms. The fourth-order valence-corrected chi connectivity index (χ4v) is 3.16. The lowest BCUT2D eigenvalue weighted by atomic mass is 10.1. The van der Waals surface area contributed by atoms with Crippen LogP contribution in [-0.2, 0) is 10.0 Å². The summed E-state index contributed by atoms with van der Waals surface area (Å²) in [6.45, 7) is 2.55. The highest BCUT2D eigenvalue weighted by Gasteiger charge is 2.24. The van der Waals surface area contributed by atoms with Crippen LogP contribution in [0.5, 0.6) is 0 Å². The number of hydrogen-bond acceptors (Lipinski definition) is 3. The lowest BCUT2D eigenvalue weighted by molar-refractivity contribution is 0.0697. The van der Waals surface area contributed by atoms with E-state index in [-0.39, 0.29) is 22.4 Å². The van der Waals surface area contributed by atoms with E-state index in [2.05, 4.69) is 0 Å². The van der Waals surface area contributed by atoms with Crippen molar-refractivity contribution in [1.82, 2.24) is 4.90 Å². The molecule has 0 saturated carbocycles. The number of rotatable bonds is 2. The Bertz CT molecular complexity index is 646. The van der Waals surface area contributed by atoms with Crippen LogP contribution in [0.25, 0.3) is 0 Å². The van der Waals surface area contributed by atoms with Crippen LogP contribution in [-0.4, -0.2) is 31.8 Å². The topological polar surface area (TPSA) is 80.5 Å². The van der Waals surface area contributed by atoms with Crippen molar-refractivity contribution in [3.63, 3.8) is 0 Å². The van der Waals surface area contributed by atoms with Crippen molar-refractivity contribution in [2.24, 2.45) is 5.14 Å². The van der Waals surface area contributed by atoms with Gasteiger partial charge in [-0.15, -0.1) is 0 Å². The fraction of sp³-hybridized carbons (Fsp3) is 0.500. The summed E-state index contributed by atoms with van der Waals surface area (Å²) in [4.78, 5) is 13.8. The quantitative estimate of drug-likeness (QED) is 0.905. The highest BCUT2D eigenvalue weighted by molar-refractivity contribution is 7.89. The number of halogens is 1. The van der Waals surface area contributed by atoms with Gasteiger partial charge in [-0.05, 0) is 38.0 Å². The van der Waals surface area contributed by atoms with Crippen molar-refractivity contribution in [3.05, 3.63) is 29.6 Å². The van der Waals surface area contributed by atoms with Crippen molar-refractivity contribution < 1.29 is 17.6 Å². The molecule has 1 aliphatic heterocycles. The number of likely N-dealkylation sites (tertiary alicyclic amines) is 1. The van der Waals surface area contributed by atoms with Crippen molar-refractivity contribution >= 4 is 15.9 Å². The number of carbonyl (C=O) groups excluding carboxylic acids is 1. The second-order valence-electron chi connectivity index (χ2n) is 5.42. The normalized spacial score (nSPS) is 20.1. The van der Waals surface area contributed by atoms with Crippen molar-refractivity contribution in [2.75, 3.05) is 6.54 Å². The molecule has 1 saturated heterocycles. The maximum Gasteiger partial charge on any atom is 0.254 e. The van der Waals surface area contributed by atoms with E-state index in [0.717, 1.165) is 43.9 Å². The Labute approximate surface area is 124 Å². The summed E-state index contributed by atoms with van der Waals surface area (Å²) in [5.41, 5.74) is 0.0211. The summed E-state index contributed by atoms with van der Waals surface area (Å²) < 4.78 is 36.3. The zero-order valence-electron chi connectivity index (χ0n) is 11.9. The van der Waals surface area contributed by atoms with Gasteiger partial charge in [0.05, 0.1) is 4.90 Å². The summed E-state index contributed by atoms with van der Waals surface area (Å²) >= 11 is 0. The number of hydrogen-bond donors (Lipinski definition) is 1. The van der Waals surface area contributed by atoms with E-state index >= 15 is 0 Å². The predicted octanol–water partition coefficient (Wildman–Crippen LogP) is 1.88. The zero-order chi connectivity index (χ0) is 15.6. The molecular weight excluding hydrogens is 295 g/mol. The Hall–Kier alpha value is -1.47. The van der Waals surface area contributed by atoms with E-state index in [1.165, 1.54) is 0 Å². The average Bonchev–Trinajstić information content (AvgIpc) is 2.61. The summed E-state index contributed by atoms with van der Waals surface area (Å²) in [5, 5.41) is 5.01. The van der Waals surface area contributed by atoms with Crippen LogP contribution in [0.15, 0.2) is 23.1 Å². The number of nitrogens with two attached hydrogens (primary N) is 1. The Kier molecular flexibility index (Phi) is 4.63. The minimum atomic E-state index is -4.04. The molecule has 1 aromatic carbocycles. The molecule has 0 aromatic heterocycles. The Balaban J connectivity index is 2.36. The molecule has 7 heteroatoms. The molecule has 1 aromatic rings. The van der Waals surface area contributed by atoms with Gasteiger partial charge in [0, 0.05) is 18.2 Å². The van der Waals surface area contributed by atoms with Gasteiger partial charge >= 0.3 is 0 Å². The minimum Gasteiger partial charge on any atom is -0.336 e. The lowest BCUT2D eigenvalue weighted by Gasteiger charge is -2.27. The molecule has 2 rings (SSSR count). The Morgan fingerprint density at radius 2 is 2.00 bits per heavy atom. The van der Waals surface area contributed by atoms with E-state index in [4.69, 9.17) is 5.14 Å². The second-order valence-corrected chi connectivity index (χ2v) is 6.98. The van der Waals surface area contributed by atoms with Crippen LogP contribution in [0, 0.1) is 5.82 Å².